The molecule has 4 rings (SSSR count). The second kappa shape index (κ2) is 7.82. The summed E-state index contributed by atoms with van der Waals surface area (Å²) < 4.78 is 20.4. The summed E-state index contributed by atoms with van der Waals surface area (Å²) in [6, 6.07) is 20.8. The van der Waals surface area contributed by atoms with Crippen LogP contribution in [-0.4, -0.2) is 10.2 Å². The second-order valence-electron chi connectivity index (χ2n) is 6.39. The van der Waals surface area contributed by atoms with E-state index in [1.54, 1.807) is 18.2 Å². The molecule has 6 heteroatoms. The molecule has 28 heavy (non-hydrogen) atoms. The Hall–Kier alpha value is -3.18. The molecule has 0 bridgehead atoms. The first kappa shape index (κ1) is 18.2. The summed E-state index contributed by atoms with van der Waals surface area (Å²) in [6.45, 7) is 1.95. The van der Waals surface area contributed by atoms with E-state index >= 15 is 0 Å². The number of hydrogen-bond donors (Lipinski definition) is 1. The van der Waals surface area contributed by atoms with E-state index in [1.807, 2.05) is 55.5 Å². The maximum Gasteiger partial charge on any atom is 0.247 e. The Bertz CT molecular complexity index is 1100. The smallest absolute Gasteiger partial charge is 0.247 e. The SMILES string of the molecule is Cc1ccc(N[C@H](c2nnc(-c3ccccc3)o2)c2ccccc2F)c(Cl)c1. The standard InChI is InChI=1S/C22H17ClFN3O/c1-14-11-12-19(17(23)13-14)25-20(16-9-5-6-10-18(16)24)22-27-26-21(28-22)15-7-3-2-4-8-15/h2-13,20,25H,1H3/t20-/m0/s1. The fourth-order valence-electron chi connectivity index (χ4n) is 2.92. The number of aromatic nitrogens is 2. The first-order valence-electron chi connectivity index (χ1n) is 8.78. The highest BCUT2D eigenvalue weighted by Crippen LogP contribution is 2.32. The topological polar surface area (TPSA) is 51.0 Å². The van der Waals surface area contributed by atoms with Crippen molar-refractivity contribution in [2.75, 3.05) is 5.32 Å². The summed E-state index contributed by atoms with van der Waals surface area (Å²) in [5.74, 6) is 0.247. The summed E-state index contributed by atoms with van der Waals surface area (Å²) in [4.78, 5) is 0. The Morgan fingerprint density at radius 1 is 0.964 bits per heavy atom. The van der Waals surface area contributed by atoms with Crippen LogP contribution in [0.2, 0.25) is 5.02 Å². The van der Waals surface area contributed by atoms with Crippen LogP contribution in [0.5, 0.6) is 0 Å². The third-order valence-corrected chi connectivity index (χ3v) is 4.66. The lowest BCUT2D eigenvalue weighted by molar-refractivity contribution is 0.485. The van der Waals surface area contributed by atoms with Crippen LogP contribution in [0.3, 0.4) is 0 Å². The lowest BCUT2D eigenvalue weighted by Crippen LogP contribution is -2.15. The van der Waals surface area contributed by atoms with Crippen LogP contribution in [-0.2, 0) is 0 Å². The molecule has 4 nitrogen and oxygen atoms in total. The number of anilines is 1. The van der Waals surface area contributed by atoms with Crippen LogP contribution >= 0.6 is 11.6 Å². The fraction of sp³-hybridized carbons (Fsp3) is 0.0909. The molecule has 0 spiro atoms. The van der Waals surface area contributed by atoms with E-state index in [2.05, 4.69) is 15.5 Å². The summed E-state index contributed by atoms with van der Waals surface area (Å²) in [7, 11) is 0. The minimum atomic E-state index is -0.689. The summed E-state index contributed by atoms with van der Waals surface area (Å²) >= 11 is 6.37. The summed E-state index contributed by atoms with van der Waals surface area (Å²) in [5, 5.41) is 12.1. The van der Waals surface area contributed by atoms with Gasteiger partial charge in [0.25, 0.3) is 0 Å². The van der Waals surface area contributed by atoms with Gasteiger partial charge in [-0.3, -0.25) is 0 Å². The predicted molar refractivity (Wildman–Crippen MR) is 108 cm³/mol. The molecular weight excluding hydrogens is 377 g/mol. The molecule has 1 heterocycles. The third-order valence-electron chi connectivity index (χ3n) is 4.35. The number of benzene rings is 3. The van der Waals surface area contributed by atoms with Crippen molar-refractivity contribution in [2.45, 2.75) is 13.0 Å². The lowest BCUT2D eigenvalue weighted by atomic mass is 10.1. The van der Waals surface area contributed by atoms with Crippen LogP contribution in [0.4, 0.5) is 10.1 Å². The Kier molecular flexibility index (Phi) is 5.08. The van der Waals surface area contributed by atoms with Gasteiger partial charge in [-0.1, -0.05) is 54.1 Å². The molecule has 0 aliphatic carbocycles. The van der Waals surface area contributed by atoms with Crippen LogP contribution in [0.25, 0.3) is 11.5 Å². The van der Waals surface area contributed by atoms with Gasteiger partial charge in [-0.05, 0) is 42.8 Å². The first-order valence-corrected chi connectivity index (χ1v) is 9.15. The van der Waals surface area contributed by atoms with Gasteiger partial charge in [-0.15, -0.1) is 10.2 Å². The zero-order chi connectivity index (χ0) is 19.5. The number of rotatable bonds is 5. The normalized spacial score (nSPS) is 12.0. The van der Waals surface area contributed by atoms with E-state index in [-0.39, 0.29) is 11.7 Å². The van der Waals surface area contributed by atoms with E-state index in [9.17, 15) is 4.39 Å². The van der Waals surface area contributed by atoms with Crippen molar-refractivity contribution in [3.05, 3.63) is 101 Å². The van der Waals surface area contributed by atoms with Gasteiger partial charge in [-0.2, -0.15) is 0 Å². The average Bonchev–Trinajstić information content (AvgIpc) is 3.19. The van der Waals surface area contributed by atoms with Gasteiger partial charge >= 0.3 is 0 Å². The average molecular weight is 394 g/mol. The highest BCUT2D eigenvalue weighted by atomic mass is 35.5. The molecule has 4 aromatic rings. The van der Waals surface area contributed by atoms with Gasteiger partial charge in [0, 0.05) is 11.1 Å². The molecule has 0 saturated heterocycles. The quantitative estimate of drug-likeness (QED) is 0.449. The molecule has 0 unspecified atom stereocenters. The van der Waals surface area contributed by atoms with Crippen molar-refractivity contribution in [1.29, 1.82) is 0 Å². The molecule has 0 saturated carbocycles. The Balaban J connectivity index is 1.76. The zero-order valence-electron chi connectivity index (χ0n) is 15.1. The van der Waals surface area contributed by atoms with Crippen molar-refractivity contribution in [1.82, 2.24) is 10.2 Å². The number of nitrogens with one attached hydrogen (secondary N) is 1. The van der Waals surface area contributed by atoms with Crippen molar-refractivity contribution >= 4 is 17.3 Å². The van der Waals surface area contributed by atoms with Gasteiger partial charge < -0.3 is 9.73 Å². The maximum absolute atomic E-state index is 14.6. The first-order chi connectivity index (χ1) is 13.6. The summed E-state index contributed by atoms with van der Waals surface area (Å²) in [5.41, 5.74) is 2.87. The minimum absolute atomic E-state index is 0.251. The van der Waals surface area contributed by atoms with Crippen LogP contribution in [0.1, 0.15) is 23.1 Å². The van der Waals surface area contributed by atoms with Crippen LogP contribution in [0.15, 0.2) is 77.2 Å². The Labute approximate surface area is 167 Å². The molecule has 0 fully saturated rings. The van der Waals surface area contributed by atoms with Gasteiger partial charge in [-0.25, -0.2) is 4.39 Å². The van der Waals surface area contributed by atoms with E-state index in [1.165, 1.54) is 6.07 Å². The van der Waals surface area contributed by atoms with Crippen LogP contribution in [0, 0.1) is 12.7 Å². The monoisotopic (exact) mass is 393 g/mol. The largest absolute Gasteiger partial charge is 0.418 e. The highest BCUT2D eigenvalue weighted by Gasteiger charge is 2.25. The number of hydrogen-bond acceptors (Lipinski definition) is 4. The molecule has 0 aliphatic rings. The second-order valence-corrected chi connectivity index (χ2v) is 6.80. The third kappa shape index (κ3) is 3.75. The van der Waals surface area contributed by atoms with E-state index in [0.717, 1.165) is 11.1 Å². The van der Waals surface area contributed by atoms with Crippen molar-refractivity contribution in [3.8, 4) is 11.5 Å². The van der Waals surface area contributed by atoms with E-state index < -0.39 is 6.04 Å². The van der Waals surface area contributed by atoms with Gasteiger partial charge in [0.1, 0.15) is 11.9 Å². The Morgan fingerprint density at radius 3 is 2.46 bits per heavy atom. The molecule has 0 amide bonds. The number of halogens is 2. The Morgan fingerprint density at radius 2 is 1.71 bits per heavy atom. The molecule has 1 N–H and O–H groups in total. The van der Waals surface area contributed by atoms with Crippen molar-refractivity contribution in [3.63, 3.8) is 0 Å². The molecular formula is C22H17ClFN3O. The van der Waals surface area contributed by atoms with Gasteiger partial charge in [0.2, 0.25) is 11.8 Å². The maximum atomic E-state index is 14.6. The van der Waals surface area contributed by atoms with Crippen molar-refractivity contribution < 1.29 is 8.81 Å². The number of aryl methyl sites for hydroxylation is 1. The van der Waals surface area contributed by atoms with Crippen molar-refractivity contribution in [2.24, 2.45) is 0 Å². The predicted octanol–water partition coefficient (Wildman–Crippen LogP) is 6.04. The minimum Gasteiger partial charge on any atom is -0.418 e. The lowest BCUT2D eigenvalue weighted by Gasteiger charge is -2.18. The summed E-state index contributed by atoms with van der Waals surface area (Å²) in [6.07, 6.45) is 0. The van der Waals surface area contributed by atoms with Gasteiger partial charge in [0.05, 0.1) is 10.7 Å². The molecule has 0 radical (unpaired) electrons. The fourth-order valence-corrected chi connectivity index (χ4v) is 3.21. The molecule has 1 aromatic heterocycles. The molecule has 0 aliphatic heterocycles. The number of nitrogens with zero attached hydrogens (tertiary/aromatic N) is 2. The van der Waals surface area contributed by atoms with Crippen LogP contribution < -0.4 is 5.32 Å². The zero-order valence-corrected chi connectivity index (χ0v) is 15.8. The van der Waals surface area contributed by atoms with E-state index in [4.69, 9.17) is 16.0 Å². The highest BCUT2D eigenvalue weighted by molar-refractivity contribution is 6.33. The molecule has 140 valence electrons. The van der Waals surface area contributed by atoms with Gasteiger partial charge in [0.15, 0.2) is 0 Å². The molecule has 1 atom stereocenters. The molecule has 3 aromatic carbocycles. The van der Waals surface area contributed by atoms with E-state index in [0.29, 0.717) is 22.2 Å².